The lowest BCUT2D eigenvalue weighted by molar-refractivity contribution is 0.217. The molecule has 0 unspecified atom stereocenters. The monoisotopic (exact) mass is 377 g/mol. The van der Waals surface area contributed by atoms with Crippen molar-refractivity contribution in [3.63, 3.8) is 0 Å². The molecular weight excluding hydrogens is 357 g/mol. The van der Waals surface area contributed by atoms with Crippen molar-refractivity contribution >= 4 is 0 Å². The lowest BCUT2D eigenvalue weighted by Gasteiger charge is -2.21. The molecule has 28 heavy (non-hydrogen) atoms. The Kier molecular flexibility index (Phi) is 5.53. The molecule has 0 atom stereocenters. The molecule has 0 bridgehead atoms. The normalized spacial score (nSPS) is 11.2. The highest BCUT2D eigenvalue weighted by Crippen LogP contribution is 2.14. The minimum atomic E-state index is -0.256. The molecule has 6 nitrogen and oxygen atoms in total. The minimum absolute atomic E-state index is 0.256. The van der Waals surface area contributed by atoms with Gasteiger partial charge in [-0.3, -0.25) is 4.90 Å². The molecule has 2 aromatic carbocycles. The maximum atomic E-state index is 13.1. The van der Waals surface area contributed by atoms with E-state index in [1.165, 1.54) is 17.7 Å². The van der Waals surface area contributed by atoms with Gasteiger partial charge in [-0.15, -0.1) is 5.10 Å². The third kappa shape index (κ3) is 4.69. The van der Waals surface area contributed by atoms with Crippen LogP contribution >= 0.6 is 0 Å². The van der Waals surface area contributed by atoms with Crippen LogP contribution in [0.15, 0.2) is 77.4 Å². The standard InChI is InChI=1S/C21H20FN5O/c22-19-10-8-18(9-11-19)14-27-21(23-24-25-27)16-26(15-20-7-4-12-28-20)13-17-5-2-1-3-6-17/h1-12H,13-16H2. The first-order valence-electron chi connectivity index (χ1n) is 9.04. The third-order valence-corrected chi connectivity index (χ3v) is 4.43. The molecule has 0 N–H and O–H groups in total. The van der Waals surface area contributed by atoms with Crippen LogP contribution in [0.4, 0.5) is 4.39 Å². The molecule has 0 amide bonds. The number of furan rings is 1. The van der Waals surface area contributed by atoms with Crippen molar-refractivity contribution in [1.82, 2.24) is 25.1 Å². The molecule has 0 aliphatic carbocycles. The smallest absolute Gasteiger partial charge is 0.165 e. The largest absolute Gasteiger partial charge is 0.468 e. The van der Waals surface area contributed by atoms with Gasteiger partial charge in [0.25, 0.3) is 0 Å². The van der Waals surface area contributed by atoms with Gasteiger partial charge in [-0.1, -0.05) is 42.5 Å². The number of aromatic nitrogens is 4. The first-order chi connectivity index (χ1) is 13.8. The molecule has 0 saturated heterocycles. The minimum Gasteiger partial charge on any atom is -0.468 e. The Balaban J connectivity index is 1.51. The highest BCUT2D eigenvalue weighted by molar-refractivity contribution is 5.17. The van der Waals surface area contributed by atoms with E-state index in [0.29, 0.717) is 19.6 Å². The van der Waals surface area contributed by atoms with Crippen molar-refractivity contribution in [2.75, 3.05) is 0 Å². The van der Waals surface area contributed by atoms with Gasteiger partial charge >= 0.3 is 0 Å². The summed E-state index contributed by atoms with van der Waals surface area (Å²) in [7, 11) is 0. The summed E-state index contributed by atoms with van der Waals surface area (Å²) < 4.78 is 20.4. The number of benzene rings is 2. The number of halogens is 1. The van der Waals surface area contributed by atoms with Gasteiger partial charge < -0.3 is 4.42 Å². The average Bonchev–Trinajstić information content (AvgIpc) is 3.37. The SMILES string of the molecule is Fc1ccc(Cn2nnnc2CN(Cc2ccccc2)Cc2ccco2)cc1. The Morgan fingerprint density at radius 1 is 0.857 bits per heavy atom. The molecule has 0 spiro atoms. The van der Waals surface area contributed by atoms with Crippen LogP contribution in [0.1, 0.15) is 22.7 Å². The molecule has 0 aliphatic rings. The first kappa shape index (κ1) is 18.1. The van der Waals surface area contributed by atoms with Gasteiger partial charge in [-0.25, -0.2) is 9.07 Å². The van der Waals surface area contributed by atoms with E-state index in [9.17, 15) is 4.39 Å². The number of tetrazole rings is 1. The fourth-order valence-corrected chi connectivity index (χ4v) is 3.05. The summed E-state index contributed by atoms with van der Waals surface area (Å²) in [6.07, 6.45) is 1.68. The van der Waals surface area contributed by atoms with Crippen molar-refractivity contribution < 1.29 is 8.81 Å². The molecular formula is C21H20FN5O. The van der Waals surface area contributed by atoms with Crippen LogP contribution in [0.25, 0.3) is 0 Å². The predicted molar refractivity (Wildman–Crippen MR) is 101 cm³/mol. The van der Waals surface area contributed by atoms with E-state index in [0.717, 1.165) is 23.7 Å². The first-order valence-corrected chi connectivity index (χ1v) is 9.04. The number of nitrogens with zero attached hydrogens (tertiary/aromatic N) is 5. The van der Waals surface area contributed by atoms with Crippen molar-refractivity contribution in [2.24, 2.45) is 0 Å². The molecule has 2 aromatic heterocycles. The summed E-state index contributed by atoms with van der Waals surface area (Å²) in [5.74, 6) is 1.37. The van der Waals surface area contributed by atoms with Gasteiger partial charge in [-0.05, 0) is 45.8 Å². The van der Waals surface area contributed by atoms with Crippen molar-refractivity contribution in [3.05, 3.63) is 102 Å². The van der Waals surface area contributed by atoms with E-state index in [2.05, 4.69) is 32.6 Å². The van der Waals surface area contributed by atoms with Gasteiger partial charge in [0.05, 0.1) is 25.9 Å². The molecule has 142 valence electrons. The van der Waals surface area contributed by atoms with Gasteiger partial charge in [0.1, 0.15) is 11.6 Å². The van der Waals surface area contributed by atoms with Gasteiger partial charge in [-0.2, -0.15) is 0 Å². The van der Waals surface area contributed by atoms with Crippen LogP contribution in [0.2, 0.25) is 0 Å². The Hall–Kier alpha value is -3.32. The Morgan fingerprint density at radius 2 is 1.68 bits per heavy atom. The Bertz CT molecular complexity index is 983. The van der Waals surface area contributed by atoms with Crippen molar-refractivity contribution in [2.45, 2.75) is 26.2 Å². The summed E-state index contributed by atoms with van der Waals surface area (Å²) in [5, 5.41) is 12.1. The summed E-state index contributed by atoms with van der Waals surface area (Å²) in [6.45, 7) is 2.43. The van der Waals surface area contributed by atoms with E-state index >= 15 is 0 Å². The van der Waals surface area contributed by atoms with Gasteiger partial charge in [0.2, 0.25) is 0 Å². The number of hydrogen-bond donors (Lipinski definition) is 0. The van der Waals surface area contributed by atoms with E-state index in [4.69, 9.17) is 4.42 Å². The molecule has 4 aromatic rings. The Morgan fingerprint density at radius 3 is 2.43 bits per heavy atom. The second-order valence-electron chi connectivity index (χ2n) is 6.59. The van der Waals surface area contributed by atoms with Crippen LogP contribution in [0.5, 0.6) is 0 Å². The molecule has 2 heterocycles. The fraction of sp³-hybridized carbons (Fsp3) is 0.190. The molecule has 0 fully saturated rings. The average molecular weight is 377 g/mol. The summed E-state index contributed by atoms with van der Waals surface area (Å²) in [4.78, 5) is 2.22. The highest BCUT2D eigenvalue weighted by Gasteiger charge is 2.15. The lowest BCUT2D eigenvalue weighted by Crippen LogP contribution is -2.24. The second-order valence-corrected chi connectivity index (χ2v) is 6.59. The third-order valence-electron chi connectivity index (χ3n) is 4.43. The van der Waals surface area contributed by atoms with Crippen LogP contribution in [-0.4, -0.2) is 25.1 Å². The van der Waals surface area contributed by atoms with Crippen molar-refractivity contribution in [1.29, 1.82) is 0 Å². The predicted octanol–water partition coefficient (Wildman–Crippen LogP) is 3.66. The molecule has 7 heteroatoms. The molecule has 0 radical (unpaired) electrons. The second kappa shape index (κ2) is 8.58. The zero-order valence-electron chi connectivity index (χ0n) is 15.3. The van der Waals surface area contributed by atoms with Crippen LogP contribution < -0.4 is 0 Å². The summed E-state index contributed by atoms with van der Waals surface area (Å²) >= 11 is 0. The van der Waals surface area contributed by atoms with E-state index in [1.807, 2.05) is 30.3 Å². The van der Waals surface area contributed by atoms with Crippen LogP contribution in [-0.2, 0) is 26.2 Å². The lowest BCUT2D eigenvalue weighted by atomic mass is 10.2. The number of hydrogen-bond acceptors (Lipinski definition) is 5. The zero-order valence-corrected chi connectivity index (χ0v) is 15.3. The molecule has 4 rings (SSSR count). The van der Waals surface area contributed by atoms with Gasteiger partial charge in [0.15, 0.2) is 5.82 Å². The van der Waals surface area contributed by atoms with Crippen molar-refractivity contribution in [3.8, 4) is 0 Å². The fourth-order valence-electron chi connectivity index (χ4n) is 3.05. The van der Waals surface area contributed by atoms with E-state index < -0.39 is 0 Å². The van der Waals surface area contributed by atoms with Gasteiger partial charge in [0, 0.05) is 6.54 Å². The van der Waals surface area contributed by atoms with Crippen LogP contribution in [0, 0.1) is 5.82 Å². The number of rotatable bonds is 8. The maximum absolute atomic E-state index is 13.1. The molecule has 0 saturated carbocycles. The summed E-state index contributed by atoms with van der Waals surface area (Å²) in [5.41, 5.74) is 2.14. The van der Waals surface area contributed by atoms with Crippen LogP contribution in [0.3, 0.4) is 0 Å². The zero-order chi connectivity index (χ0) is 19.2. The van der Waals surface area contributed by atoms with E-state index in [1.54, 1.807) is 23.1 Å². The highest BCUT2D eigenvalue weighted by atomic mass is 19.1. The van der Waals surface area contributed by atoms with E-state index in [-0.39, 0.29) is 5.82 Å². The maximum Gasteiger partial charge on any atom is 0.165 e. The quantitative estimate of drug-likeness (QED) is 0.469. The molecule has 0 aliphatic heterocycles. The topological polar surface area (TPSA) is 60.0 Å². The Labute approximate surface area is 162 Å². The summed E-state index contributed by atoms with van der Waals surface area (Å²) in [6, 6.07) is 20.5.